The lowest BCUT2D eigenvalue weighted by Gasteiger charge is -2.05. The topological polar surface area (TPSA) is 85.8 Å². The standard InChI is InChI=1S/C12H15N5O/c1-7-4-5-9(14-6-7)15-12(18)11-10(13)8(2)16-17(11)3/h4-6H,13H2,1-3H3,(H,14,15,18). The highest BCUT2D eigenvalue weighted by molar-refractivity contribution is 6.06. The molecule has 18 heavy (non-hydrogen) atoms. The first-order valence-electron chi connectivity index (χ1n) is 5.52. The molecule has 2 heterocycles. The fourth-order valence-electron chi connectivity index (χ4n) is 1.66. The van der Waals surface area contributed by atoms with Crippen molar-refractivity contribution in [2.45, 2.75) is 13.8 Å². The van der Waals surface area contributed by atoms with Crippen LogP contribution in [-0.2, 0) is 7.05 Å². The highest BCUT2D eigenvalue weighted by Crippen LogP contribution is 2.16. The zero-order chi connectivity index (χ0) is 13.3. The Labute approximate surface area is 105 Å². The number of anilines is 2. The van der Waals surface area contributed by atoms with Gasteiger partial charge in [-0.1, -0.05) is 6.07 Å². The molecule has 6 heteroatoms. The molecular formula is C12H15N5O. The molecule has 0 radical (unpaired) electrons. The Hall–Kier alpha value is -2.37. The molecule has 0 aliphatic heterocycles. The maximum atomic E-state index is 12.1. The summed E-state index contributed by atoms with van der Waals surface area (Å²) in [6.07, 6.45) is 1.69. The molecule has 0 unspecified atom stereocenters. The maximum absolute atomic E-state index is 12.1. The zero-order valence-corrected chi connectivity index (χ0v) is 10.6. The van der Waals surface area contributed by atoms with Crippen LogP contribution in [0.2, 0.25) is 0 Å². The van der Waals surface area contributed by atoms with Gasteiger partial charge in [-0.2, -0.15) is 5.10 Å². The van der Waals surface area contributed by atoms with E-state index in [-0.39, 0.29) is 5.91 Å². The first-order chi connectivity index (χ1) is 8.49. The van der Waals surface area contributed by atoms with Crippen molar-refractivity contribution in [1.29, 1.82) is 0 Å². The molecule has 6 nitrogen and oxygen atoms in total. The van der Waals surface area contributed by atoms with Gasteiger partial charge >= 0.3 is 0 Å². The molecule has 0 spiro atoms. The first kappa shape index (κ1) is 12.1. The highest BCUT2D eigenvalue weighted by atomic mass is 16.2. The number of nitrogens with two attached hydrogens (primary N) is 1. The minimum atomic E-state index is -0.313. The van der Waals surface area contributed by atoms with Gasteiger partial charge in [-0.05, 0) is 25.5 Å². The smallest absolute Gasteiger partial charge is 0.277 e. The Bertz CT molecular complexity index is 585. The van der Waals surface area contributed by atoms with Crippen LogP contribution < -0.4 is 11.1 Å². The van der Waals surface area contributed by atoms with E-state index in [4.69, 9.17) is 5.73 Å². The lowest BCUT2D eigenvalue weighted by molar-refractivity contribution is 0.101. The van der Waals surface area contributed by atoms with Crippen molar-refractivity contribution in [2.75, 3.05) is 11.1 Å². The molecule has 94 valence electrons. The minimum absolute atomic E-state index is 0.313. The second kappa shape index (κ2) is 4.48. The van der Waals surface area contributed by atoms with E-state index in [1.54, 1.807) is 26.2 Å². The van der Waals surface area contributed by atoms with Crippen molar-refractivity contribution in [3.8, 4) is 0 Å². The number of aromatic nitrogens is 3. The Morgan fingerprint density at radius 1 is 1.39 bits per heavy atom. The number of nitrogens with zero attached hydrogens (tertiary/aromatic N) is 3. The Morgan fingerprint density at radius 2 is 2.11 bits per heavy atom. The number of hydrogen-bond donors (Lipinski definition) is 2. The fourth-order valence-corrected chi connectivity index (χ4v) is 1.66. The number of nitrogens with one attached hydrogen (secondary N) is 1. The lowest BCUT2D eigenvalue weighted by Crippen LogP contribution is -2.18. The van der Waals surface area contributed by atoms with Gasteiger partial charge in [0, 0.05) is 13.2 Å². The zero-order valence-electron chi connectivity index (χ0n) is 10.6. The van der Waals surface area contributed by atoms with Gasteiger partial charge in [-0.3, -0.25) is 9.48 Å². The van der Waals surface area contributed by atoms with Crippen LogP contribution in [0.15, 0.2) is 18.3 Å². The van der Waals surface area contributed by atoms with E-state index < -0.39 is 0 Å². The summed E-state index contributed by atoms with van der Waals surface area (Å²) in [5.41, 5.74) is 8.22. The predicted octanol–water partition coefficient (Wildman–Crippen LogP) is 1.27. The van der Waals surface area contributed by atoms with E-state index in [1.807, 2.05) is 13.0 Å². The van der Waals surface area contributed by atoms with Gasteiger partial charge in [0.05, 0.1) is 11.4 Å². The van der Waals surface area contributed by atoms with Gasteiger partial charge in [0.2, 0.25) is 0 Å². The summed E-state index contributed by atoms with van der Waals surface area (Å²) in [6.45, 7) is 3.69. The lowest BCUT2D eigenvalue weighted by atomic mass is 10.3. The van der Waals surface area contributed by atoms with Crippen molar-refractivity contribution in [3.63, 3.8) is 0 Å². The monoisotopic (exact) mass is 245 g/mol. The normalized spacial score (nSPS) is 10.4. The van der Waals surface area contributed by atoms with Gasteiger partial charge < -0.3 is 11.1 Å². The number of aryl methyl sites for hydroxylation is 3. The van der Waals surface area contributed by atoms with E-state index >= 15 is 0 Å². The number of carbonyl (C=O) groups excluding carboxylic acids is 1. The van der Waals surface area contributed by atoms with Crippen molar-refractivity contribution in [2.24, 2.45) is 7.05 Å². The van der Waals surface area contributed by atoms with Gasteiger partial charge in [0.25, 0.3) is 5.91 Å². The number of hydrogen-bond acceptors (Lipinski definition) is 4. The maximum Gasteiger partial charge on any atom is 0.277 e. The summed E-state index contributed by atoms with van der Waals surface area (Å²) < 4.78 is 1.47. The Balaban J connectivity index is 2.24. The van der Waals surface area contributed by atoms with Gasteiger partial charge in [0.1, 0.15) is 11.5 Å². The summed E-state index contributed by atoms with van der Waals surface area (Å²) in [6, 6.07) is 3.62. The van der Waals surface area contributed by atoms with Crippen molar-refractivity contribution < 1.29 is 4.79 Å². The Kier molecular flexibility index (Phi) is 3.01. The number of nitrogen functional groups attached to an aromatic ring is 1. The third-order valence-electron chi connectivity index (χ3n) is 2.64. The van der Waals surface area contributed by atoms with Crippen molar-refractivity contribution >= 4 is 17.4 Å². The second-order valence-corrected chi connectivity index (χ2v) is 4.15. The van der Waals surface area contributed by atoms with Gasteiger partial charge in [-0.15, -0.1) is 0 Å². The van der Waals surface area contributed by atoms with Crippen LogP contribution in [0.4, 0.5) is 11.5 Å². The van der Waals surface area contributed by atoms with E-state index in [9.17, 15) is 4.79 Å². The molecule has 2 aromatic heterocycles. The van der Waals surface area contributed by atoms with E-state index in [0.717, 1.165) is 5.56 Å². The molecule has 2 aromatic rings. The third kappa shape index (κ3) is 2.17. The molecule has 3 N–H and O–H groups in total. The summed E-state index contributed by atoms with van der Waals surface area (Å²) in [7, 11) is 1.68. The Morgan fingerprint density at radius 3 is 2.61 bits per heavy atom. The van der Waals surface area contributed by atoms with Gasteiger partial charge in [-0.25, -0.2) is 4.98 Å². The predicted molar refractivity (Wildman–Crippen MR) is 69.3 cm³/mol. The molecule has 0 aliphatic carbocycles. The molecule has 0 aliphatic rings. The van der Waals surface area contributed by atoms with E-state index in [1.165, 1.54) is 4.68 Å². The van der Waals surface area contributed by atoms with Gasteiger partial charge in [0.15, 0.2) is 0 Å². The van der Waals surface area contributed by atoms with E-state index in [0.29, 0.717) is 22.9 Å². The summed E-state index contributed by atoms with van der Waals surface area (Å²) in [4.78, 5) is 16.2. The summed E-state index contributed by atoms with van der Waals surface area (Å²) >= 11 is 0. The molecule has 0 bridgehead atoms. The van der Waals surface area contributed by atoms with Crippen molar-refractivity contribution in [3.05, 3.63) is 35.3 Å². The minimum Gasteiger partial charge on any atom is -0.395 e. The number of amides is 1. The molecular weight excluding hydrogens is 230 g/mol. The van der Waals surface area contributed by atoms with Crippen LogP contribution in [0, 0.1) is 13.8 Å². The number of carbonyl (C=O) groups is 1. The van der Waals surface area contributed by atoms with Crippen LogP contribution in [0.1, 0.15) is 21.7 Å². The summed E-state index contributed by atoms with van der Waals surface area (Å²) in [5.74, 6) is 0.177. The van der Waals surface area contributed by atoms with Crippen LogP contribution in [0.25, 0.3) is 0 Å². The SMILES string of the molecule is Cc1ccc(NC(=O)c2c(N)c(C)nn2C)nc1. The average molecular weight is 245 g/mol. The average Bonchev–Trinajstić information content (AvgIpc) is 2.56. The highest BCUT2D eigenvalue weighted by Gasteiger charge is 2.18. The quantitative estimate of drug-likeness (QED) is 0.834. The van der Waals surface area contributed by atoms with E-state index in [2.05, 4.69) is 15.4 Å². The molecule has 0 saturated carbocycles. The van der Waals surface area contributed by atoms with Crippen LogP contribution >= 0.6 is 0 Å². The van der Waals surface area contributed by atoms with Crippen LogP contribution in [0.3, 0.4) is 0 Å². The largest absolute Gasteiger partial charge is 0.395 e. The second-order valence-electron chi connectivity index (χ2n) is 4.15. The molecule has 0 fully saturated rings. The molecule has 2 rings (SSSR count). The third-order valence-corrected chi connectivity index (χ3v) is 2.64. The molecule has 1 amide bonds. The first-order valence-corrected chi connectivity index (χ1v) is 5.52. The molecule has 0 saturated heterocycles. The molecule has 0 atom stereocenters. The molecule has 0 aromatic carbocycles. The summed E-state index contributed by atoms with van der Waals surface area (Å²) in [5, 5.41) is 6.79. The number of pyridine rings is 1. The fraction of sp³-hybridized carbons (Fsp3) is 0.250. The van der Waals surface area contributed by atoms with Crippen LogP contribution in [0.5, 0.6) is 0 Å². The number of rotatable bonds is 2. The van der Waals surface area contributed by atoms with Crippen LogP contribution in [-0.4, -0.2) is 20.7 Å². The van der Waals surface area contributed by atoms with Crippen molar-refractivity contribution in [1.82, 2.24) is 14.8 Å².